The number of hydrogen-bond acceptors (Lipinski definition) is 5. The molecule has 0 saturated carbocycles. The van der Waals surface area contributed by atoms with Crippen LogP contribution in [0.4, 0.5) is 0 Å². The van der Waals surface area contributed by atoms with Crippen LogP contribution in [-0.2, 0) is 25.8 Å². The van der Waals surface area contributed by atoms with Crippen LogP contribution in [-0.4, -0.2) is 48.5 Å². The smallest absolute Gasteiger partial charge is 0.267 e. The van der Waals surface area contributed by atoms with Gasteiger partial charge in [0.2, 0.25) is 5.91 Å². The molecule has 2 amide bonds. The van der Waals surface area contributed by atoms with E-state index in [9.17, 15) is 18.0 Å². The van der Waals surface area contributed by atoms with Crippen LogP contribution in [0.25, 0.3) is 0 Å². The minimum atomic E-state index is -3.16. The number of sulfone groups is 1. The van der Waals surface area contributed by atoms with E-state index in [1.807, 2.05) is 48.5 Å². The maximum absolute atomic E-state index is 13.1. The van der Waals surface area contributed by atoms with Gasteiger partial charge in [-0.05, 0) is 30.4 Å². The Morgan fingerprint density at radius 1 is 1.06 bits per heavy atom. The van der Waals surface area contributed by atoms with Gasteiger partial charge in [0.15, 0.2) is 9.84 Å². The highest BCUT2D eigenvalue weighted by Gasteiger charge is 2.37. The van der Waals surface area contributed by atoms with Crippen LogP contribution in [0.3, 0.4) is 0 Å². The molecule has 0 aromatic heterocycles. The second-order valence-electron chi connectivity index (χ2n) is 8.30. The average molecular weight is 454 g/mol. The monoisotopic (exact) mass is 453 g/mol. The molecule has 4 rings (SSSR count). The van der Waals surface area contributed by atoms with Crippen LogP contribution in [0.15, 0.2) is 65.8 Å². The Morgan fingerprint density at radius 2 is 1.75 bits per heavy atom. The average Bonchev–Trinajstić information content (AvgIpc) is 3.17. The Balaban J connectivity index is 1.49. The van der Waals surface area contributed by atoms with E-state index in [1.54, 1.807) is 0 Å². The second-order valence-corrected chi connectivity index (χ2v) is 10.5. The van der Waals surface area contributed by atoms with Crippen LogP contribution in [0, 0.1) is 0 Å². The molecular weight excluding hydrogens is 426 g/mol. The van der Waals surface area contributed by atoms with Gasteiger partial charge in [0, 0.05) is 12.8 Å². The number of carbonyl (C=O) groups is 2. The molecule has 1 fully saturated rings. The molecule has 0 bridgehead atoms. The van der Waals surface area contributed by atoms with E-state index >= 15 is 0 Å². The van der Waals surface area contributed by atoms with Crippen molar-refractivity contribution in [2.75, 3.05) is 11.5 Å². The fourth-order valence-electron chi connectivity index (χ4n) is 4.19. The first kappa shape index (κ1) is 22.2. The first-order chi connectivity index (χ1) is 15.4. The first-order valence-electron chi connectivity index (χ1n) is 10.9. The van der Waals surface area contributed by atoms with Crippen molar-refractivity contribution in [3.05, 3.63) is 71.8 Å². The summed E-state index contributed by atoms with van der Waals surface area (Å²) in [5.74, 6) is -0.591. The van der Waals surface area contributed by atoms with Crippen molar-refractivity contribution in [3.8, 4) is 0 Å². The zero-order valence-corrected chi connectivity index (χ0v) is 18.6. The molecular formula is C24H27N3O4S. The number of hydrazone groups is 1. The predicted octanol–water partition coefficient (Wildman–Crippen LogP) is 2.64. The summed E-state index contributed by atoms with van der Waals surface area (Å²) in [5.41, 5.74) is 2.47. The lowest BCUT2D eigenvalue weighted by Gasteiger charge is -2.28. The molecule has 0 aliphatic carbocycles. The van der Waals surface area contributed by atoms with Crippen molar-refractivity contribution in [2.45, 2.75) is 44.2 Å². The summed E-state index contributed by atoms with van der Waals surface area (Å²) < 4.78 is 23.7. The third kappa shape index (κ3) is 5.43. The van der Waals surface area contributed by atoms with E-state index in [0.717, 1.165) is 18.4 Å². The van der Waals surface area contributed by atoms with Crippen molar-refractivity contribution in [1.29, 1.82) is 0 Å². The molecule has 168 valence electrons. The van der Waals surface area contributed by atoms with E-state index in [2.05, 4.69) is 22.6 Å². The van der Waals surface area contributed by atoms with Gasteiger partial charge in [-0.15, -0.1) is 0 Å². The predicted molar refractivity (Wildman–Crippen MR) is 123 cm³/mol. The van der Waals surface area contributed by atoms with E-state index in [4.69, 9.17) is 0 Å². The van der Waals surface area contributed by atoms with Crippen molar-refractivity contribution < 1.29 is 18.0 Å². The quantitative estimate of drug-likeness (QED) is 0.697. The molecule has 2 heterocycles. The molecule has 1 N–H and O–H groups in total. The topological polar surface area (TPSA) is 95.9 Å². The van der Waals surface area contributed by atoms with Gasteiger partial charge in [-0.25, -0.2) is 13.4 Å². The lowest BCUT2D eigenvalue weighted by Crippen LogP contribution is -2.44. The summed E-state index contributed by atoms with van der Waals surface area (Å²) in [6, 6.07) is 19.2. The van der Waals surface area contributed by atoms with E-state index in [1.165, 1.54) is 10.6 Å². The molecule has 0 radical (unpaired) electrons. The molecule has 2 aromatic carbocycles. The van der Waals surface area contributed by atoms with Gasteiger partial charge >= 0.3 is 0 Å². The number of nitrogens with zero attached hydrogens (tertiary/aromatic N) is 2. The zero-order valence-electron chi connectivity index (χ0n) is 17.8. The SMILES string of the molecule is O=C(N[C@@H](CCc1ccccc1)c1ccccc1)C1=NN([C@@H]2CCS(=O)(=O)C2)C(=O)CC1. The number of rotatable bonds is 7. The largest absolute Gasteiger partial charge is 0.344 e. The second kappa shape index (κ2) is 9.65. The van der Waals surface area contributed by atoms with Gasteiger partial charge < -0.3 is 5.32 Å². The third-order valence-electron chi connectivity index (χ3n) is 5.95. The Hall–Kier alpha value is -3.00. The van der Waals surface area contributed by atoms with Gasteiger partial charge in [-0.3, -0.25) is 9.59 Å². The molecule has 2 aliphatic heterocycles. The Morgan fingerprint density at radius 3 is 2.41 bits per heavy atom. The van der Waals surface area contributed by atoms with Crippen molar-refractivity contribution in [1.82, 2.24) is 10.3 Å². The lowest BCUT2D eigenvalue weighted by atomic mass is 9.98. The summed E-state index contributed by atoms with van der Waals surface area (Å²) in [7, 11) is -3.16. The number of aryl methyl sites for hydroxylation is 1. The van der Waals surface area contributed by atoms with Crippen LogP contribution >= 0.6 is 0 Å². The highest BCUT2D eigenvalue weighted by molar-refractivity contribution is 7.91. The molecule has 2 aliphatic rings. The maximum Gasteiger partial charge on any atom is 0.267 e. The molecule has 2 atom stereocenters. The van der Waals surface area contributed by atoms with Gasteiger partial charge in [-0.1, -0.05) is 60.7 Å². The number of carbonyl (C=O) groups excluding carboxylic acids is 2. The van der Waals surface area contributed by atoms with Crippen molar-refractivity contribution in [3.63, 3.8) is 0 Å². The van der Waals surface area contributed by atoms with E-state index < -0.39 is 15.9 Å². The van der Waals surface area contributed by atoms with Crippen molar-refractivity contribution >= 4 is 27.4 Å². The zero-order chi connectivity index (χ0) is 22.6. The maximum atomic E-state index is 13.1. The minimum absolute atomic E-state index is 0.0497. The number of nitrogens with one attached hydrogen (secondary N) is 1. The molecule has 8 heteroatoms. The van der Waals surface area contributed by atoms with E-state index in [0.29, 0.717) is 6.42 Å². The molecule has 32 heavy (non-hydrogen) atoms. The summed E-state index contributed by atoms with van der Waals surface area (Å²) in [4.78, 5) is 25.4. The highest BCUT2D eigenvalue weighted by atomic mass is 32.2. The van der Waals surface area contributed by atoms with Gasteiger partial charge in [0.25, 0.3) is 5.91 Å². The van der Waals surface area contributed by atoms with Crippen molar-refractivity contribution in [2.24, 2.45) is 5.10 Å². The molecule has 0 unspecified atom stereocenters. The molecule has 2 aromatic rings. The fourth-order valence-corrected chi connectivity index (χ4v) is 5.88. The summed E-state index contributed by atoms with van der Waals surface area (Å²) >= 11 is 0. The standard InChI is InChI=1S/C24H27N3O4S/c28-23-14-13-22(26-27(23)20-15-16-32(30,31)17-20)24(29)25-21(19-9-5-2-6-10-19)12-11-18-7-3-1-4-8-18/h1-10,20-21H,11-17H2,(H,25,29)/t20-,21+/m1/s1. The van der Waals surface area contributed by atoms with Gasteiger partial charge in [0.05, 0.1) is 23.6 Å². The summed E-state index contributed by atoms with van der Waals surface area (Å²) in [5, 5.41) is 8.62. The van der Waals surface area contributed by atoms with Crippen LogP contribution in [0.1, 0.15) is 42.9 Å². The summed E-state index contributed by atoms with van der Waals surface area (Å²) in [6.45, 7) is 0. The third-order valence-corrected chi connectivity index (χ3v) is 7.70. The Bertz CT molecular complexity index is 1100. The number of benzene rings is 2. The number of hydrogen-bond donors (Lipinski definition) is 1. The lowest BCUT2D eigenvalue weighted by molar-refractivity contribution is -0.133. The fraction of sp³-hybridized carbons (Fsp3) is 0.375. The minimum Gasteiger partial charge on any atom is -0.344 e. The normalized spacial score (nSPS) is 21.1. The van der Waals surface area contributed by atoms with Crippen LogP contribution in [0.2, 0.25) is 0 Å². The first-order valence-corrected chi connectivity index (χ1v) is 12.7. The molecule has 1 saturated heterocycles. The van der Waals surface area contributed by atoms with Crippen LogP contribution in [0.5, 0.6) is 0 Å². The van der Waals surface area contributed by atoms with Gasteiger partial charge in [-0.2, -0.15) is 5.10 Å². The van der Waals surface area contributed by atoms with Crippen LogP contribution < -0.4 is 5.32 Å². The van der Waals surface area contributed by atoms with E-state index in [-0.39, 0.29) is 47.9 Å². The van der Waals surface area contributed by atoms with Gasteiger partial charge in [0.1, 0.15) is 5.71 Å². The number of amides is 2. The Labute approximate surface area is 188 Å². The highest BCUT2D eigenvalue weighted by Crippen LogP contribution is 2.23. The molecule has 0 spiro atoms. The Kier molecular flexibility index (Phi) is 6.69. The summed E-state index contributed by atoms with van der Waals surface area (Å²) in [6.07, 6.45) is 2.29. The molecule has 7 nitrogen and oxygen atoms in total.